The first-order valence-corrected chi connectivity index (χ1v) is 9.53. The molecule has 6 nitrogen and oxygen atoms in total. The molecule has 26 heavy (non-hydrogen) atoms. The number of likely N-dealkylation sites (tertiary alicyclic amines) is 1. The van der Waals surface area contributed by atoms with Crippen LogP contribution in [0.3, 0.4) is 0 Å². The zero-order valence-electron chi connectivity index (χ0n) is 16.6. The van der Waals surface area contributed by atoms with Gasteiger partial charge in [-0.25, -0.2) is 0 Å². The molecule has 1 aliphatic heterocycles. The predicted octanol–water partition coefficient (Wildman–Crippen LogP) is 3.19. The van der Waals surface area contributed by atoms with Crippen molar-refractivity contribution in [2.24, 2.45) is 22.6 Å². The Morgan fingerprint density at radius 2 is 2.00 bits per heavy atom. The molecule has 1 aromatic rings. The minimum absolute atomic E-state index is 0.416. The van der Waals surface area contributed by atoms with Gasteiger partial charge in [-0.05, 0) is 62.9 Å². The van der Waals surface area contributed by atoms with Gasteiger partial charge in [0.15, 0.2) is 5.96 Å². The number of anilines is 1. The molecule has 0 atom stereocenters. The van der Waals surface area contributed by atoms with E-state index < -0.39 is 0 Å². The molecule has 6 heteroatoms. The van der Waals surface area contributed by atoms with Crippen LogP contribution in [0.4, 0.5) is 5.69 Å². The number of nitrogens with two attached hydrogens (primary N) is 1. The molecule has 146 valence electrons. The van der Waals surface area contributed by atoms with Crippen molar-refractivity contribution in [2.75, 3.05) is 45.7 Å². The van der Waals surface area contributed by atoms with E-state index in [-0.39, 0.29) is 0 Å². The molecular weight excluding hydrogens is 328 g/mol. The van der Waals surface area contributed by atoms with Gasteiger partial charge in [-0.3, -0.25) is 4.99 Å². The second kappa shape index (κ2) is 10.3. The smallest absolute Gasteiger partial charge is 0.193 e. The molecule has 0 unspecified atom stereocenters. The number of nitrogens with one attached hydrogen (secondary N) is 1. The monoisotopic (exact) mass is 362 g/mol. The minimum Gasteiger partial charge on any atom is -0.497 e. The van der Waals surface area contributed by atoms with E-state index in [1.54, 1.807) is 14.2 Å². The fourth-order valence-electron chi connectivity index (χ4n) is 3.15. The highest BCUT2D eigenvalue weighted by Crippen LogP contribution is 2.28. The molecule has 2 rings (SSSR count). The molecule has 0 aromatic heterocycles. The van der Waals surface area contributed by atoms with E-state index in [1.165, 1.54) is 38.9 Å². The van der Waals surface area contributed by atoms with Crippen molar-refractivity contribution in [3.05, 3.63) is 18.2 Å². The summed E-state index contributed by atoms with van der Waals surface area (Å²) in [6, 6.07) is 5.56. The van der Waals surface area contributed by atoms with Crippen molar-refractivity contribution >= 4 is 11.6 Å². The number of nitrogens with zero attached hydrogens (tertiary/aromatic N) is 2. The molecule has 0 bridgehead atoms. The maximum absolute atomic E-state index is 6.08. The molecular formula is C20H34N4O2. The highest BCUT2D eigenvalue weighted by molar-refractivity contribution is 5.94. The van der Waals surface area contributed by atoms with Crippen LogP contribution in [0, 0.1) is 11.8 Å². The first-order valence-electron chi connectivity index (χ1n) is 9.53. The summed E-state index contributed by atoms with van der Waals surface area (Å²) in [5.74, 6) is 3.26. The Morgan fingerprint density at radius 1 is 1.27 bits per heavy atom. The van der Waals surface area contributed by atoms with Gasteiger partial charge >= 0.3 is 0 Å². The molecule has 1 saturated heterocycles. The van der Waals surface area contributed by atoms with Gasteiger partial charge in [-0.1, -0.05) is 13.8 Å². The molecule has 0 saturated carbocycles. The van der Waals surface area contributed by atoms with Gasteiger partial charge in [0, 0.05) is 12.6 Å². The molecule has 1 fully saturated rings. The summed E-state index contributed by atoms with van der Waals surface area (Å²) < 4.78 is 10.6. The second-order valence-electron chi connectivity index (χ2n) is 7.38. The Hall–Kier alpha value is -1.95. The maximum atomic E-state index is 6.08. The lowest BCUT2D eigenvalue weighted by atomic mass is 9.96. The topological polar surface area (TPSA) is 72.1 Å². The summed E-state index contributed by atoms with van der Waals surface area (Å²) in [5, 5.41) is 3.13. The van der Waals surface area contributed by atoms with Crippen molar-refractivity contribution in [1.29, 1.82) is 0 Å². The molecule has 0 radical (unpaired) electrons. The van der Waals surface area contributed by atoms with Crippen LogP contribution in [0.2, 0.25) is 0 Å². The van der Waals surface area contributed by atoms with Gasteiger partial charge in [0.25, 0.3) is 0 Å². The summed E-state index contributed by atoms with van der Waals surface area (Å²) in [6.07, 6.45) is 3.66. The molecule has 1 aromatic carbocycles. The number of benzene rings is 1. The first kappa shape index (κ1) is 20.4. The number of ether oxygens (including phenoxy) is 2. The van der Waals surface area contributed by atoms with Crippen LogP contribution in [0.25, 0.3) is 0 Å². The summed E-state index contributed by atoms with van der Waals surface area (Å²) in [5.41, 5.74) is 6.84. The Labute approximate surface area is 157 Å². The zero-order chi connectivity index (χ0) is 18.9. The molecule has 0 aliphatic carbocycles. The summed E-state index contributed by atoms with van der Waals surface area (Å²) in [4.78, 5) is 7.11. The van der Waals surface area contributed by atoms with Crippen molar-refractivity contribution in [3.8, 4) is 11.5 Å². The van der Waals surface area contributed by atoms with Gasteiger partial charge < -0.3 is 25.4 Å². The Bertz CT molecular complexity index is 581. The average molecular weight is 363 g/mol. The van der Waals surface area contributed by atoms with Crippen molar-refractivity contribution in [1.82, 2.24) is 4.90 Å². The lowest BCUT2D eigenvalue weighted by Crippen LogP contribution is -2.36. The SMILES string of the molecule is COc1ccc(OC)c(NC(N)=NCC2CCN(CCC(C)C)CC2)c1. The van der Waals surface area contributed by atoms with Crippen LogP contribution >= 0.6 is 0 Å². The van der Waals surface area contributed by atoms with Gasteiger partial charge in [0.05, 0.1) is 19.9 Å². The minimum atomic E-state index is 0.416. The van der Waals surface area contributed by atoms with Crippen LogP contribution in [0.1, 0.15) is 33.1 Å². The molecule has 0 spiro atoms. The predicted molar refractivity (Wildman–Crippen MR) is 108 cm³/mol. The quantitative estimate of drug-likeness (QED) is 0.549. The fraction of sp³-hybridized carbons (Fsp3) is 0.650. The van der Waals surface area contributed by atoms with Crippen molar-refractivity contribution in [3.63, 3.8) is 0 Å². The largest absolute Gasteiger partial charge is 0.497 e. The van der Waals surface area contributed by atoms with E-state index in [1.807, 2.05) is 18.2 Å². The van der Waals surface area contributed by atoms with E-state index >= 15 is 0 Å². The number of rotatable bonds is 8. The molecule has 1 aliphatic rings. The van der Waals surface area contributed by atoms with Crippen LogP contribution < -0.4 is 20.5 Å². The normalized spacial score (nSPS) is 16.7. The maximum Gasteiger partial charge on any atom is 0.193 e. The van der Waals surface area contributed by atoms with Gasteiger partial charge in [0.1, 0.15) is 11.5 Å². The van der Waals surface area contributed by atoms with Gasteiger partial charge in [-0.2, -0.15) is 0 Å². The Morgan fingerprint density at radius 3 is 2.62 bits per heavy atom. The van der Waals surface area contributed by atoms with Crippen molar-refractivity contribution in [2.45, 2.75) is 33.1 Å². The highest BCUT2D eigenvalue weighted by atomic mass is 16.5. The van der Waals surface area contributed by atoms with Crippen LogP contribution in [0.15, 0.2) is 23.2 Å². The summed E-state index contributed by atoms with van der Waals surface area (Å²) in [7, 11) is 3.27. The van der Waals surface area contributed by atoms with Gasteiger partial charge in [-0.15, -0.1) is 0 Å². The molecule has 3 N–H and O–H groups in total. The Balaban J connectivity index is 1.82. The Kier molecular flexibility index (Phi) is 8.04. The summed E-state index contributed by atoms with van der Waals surface area (Å²) >= 11 is 0. The second-order valence-corrected chi connectivity index (χ2v) is 7.38. The average Bonchev–Trinajstić information content (AvgIpc) is 2.65. The van der Waals surface area contributed by atoms with Crippen LogP contribution in [0.5, 0.6) is 11.5 Å². The zero-order valence-corrected chi connectivity index (χ0v) is 16.6. The third-order valence-electron chi connectivity index (χ3n) is 4.92. The number of methoxy groups -OCH3 is 2. The van der Waals surface area contributed by atoms with E-state index in [9.17, 15) is 0 Å². The number of hydrogen-bond donors (Lipinski definition) is 2. The molecule has 1 heterocycles. The van der Waals surface area contributed by atoms with Crippen molar-refractivity contribution < 1.29 is 9.47 Å². The number of hydrogen-bond acceptors (Lipinski definition) is 4. The fourth-order valence-corrected chi connectivity index (χ4v) is 3.15. The lowest BCUT2D eigenvalue weighted by molar-refractivity contribution is 0.180. The van der Waals surface area contributed by atoms with E-state index in [4.69, 9.17) is 15.2 Å². The number of guanidine groups is 1. The standard InChI is InChI=1S/C20H34N4O2/c1-15(2)7-10-24-11-8-16(9-12-24)14-22-20(21)23-18-13-17(25-3)5-6-19(18)26-4/h5-6,13,15-16H,7-12,14H2,1-4H3,(H3,21,22,23). The lowest BCUT2D eigenvalue weighted by Gasteiger charge is -2.31. The highest BCUT2D eigenvalue weighted by Gasteiger charge is 2.19. The van der Waals surface area contributed by atoms with Gasteiger partial charge in [0.2, 0.25) is 0 Å². The number of piperidine rings is 1. The van der Waals surface area contributed by atoms with Crippen LogP contribution in [-0.2, 0) is 0 Å². The van der Waals surface area contributed by atoms with E-state index in [2.05, 4.69) is 29.1 Å². The first-order chi connectivity index (χ1) is 12.5. The number of aliphatic imine (C=N–C) groups is 1. The summed E-state index contributed by atoms with van der Waals surface area (Å²) in [6.45, 7) is 8.90. The molecule has 0 amide bonds. The third kappa shape index (κ3) is 6.41. The third-order valence-corrected chi connectivity index (χ3v) is 4.92. The van der Waals surface area contributed by atoms with Crippen LogP contribution in [-0.4, -0.2) is 51.3 Å². The van der Waals surface area contributed by atoms with E-state index in [0.29, 0.717) is 17.6 Å². The van der Waals surface area contributed by atoms with E-state index in [0.717, 1.165) is 23.9 Å².